The second-order valence-electron chi connectivity index (χ2n) is 6.94. The van der Waals surface area contributed by atoms with E-state index in [4.69, 9.17) is 5.73 Å². The van der Waals surface area contributed by atoms with E-state index < -0.39 is 11.9 Å². The molecule has 1 saturated heterocycles. The summed E-state index contributed by atoms with van der Waals surface area (Å²) < 4.78 is 0. The van der Waals surface area contributed by atoms with Gasteiger partial charge in [-0.2, -0.15) is 0 Å². The Morgan fingerprint density at radius 3 is 2.86 bits per heavy atom. The lowest BCUT2D eigenvalue weighted by atomic mass is 10.0. The van der Waals surface area contributed by atoms with Gasteiger partial charge >= 0.3 is 0 Å². The fourth-order valence-corrected chi connectivity index (χ4v) is 3.79. The normalized spacial score (nSPS) is 18.8. The Labute approximate surface area is 162 Å². The Morgan fingerprint density at radius 2 is 2.07 bits per heavy atom. The molecule has 0 spiro atoms. The molecule has 3 amide bonds. The Bertz CT molecular complexity index is 959. The highest BCUT2D eigenvalue weighted by Crippen LogP contribution is 2.30. The van der Waals surface area contributed by atoms with Gasteiger partial charge in [0.25, 0.3) is 5.91 Å². The molecule has 4 rings (SSSR count). The topological polar surface area (TPSA) is 117 Å². The van der Waals surface area contributed by atoms with E-state index in [2.05, 4.69) is 15.6 Å². The minimum Gasteiger partial charge on any atom is -0.379 e. The van der Waals surface area contributed by atoms with Gasteiger partial charge in [-0.05, 0) is 29.2 Å². The number of carbonyl (C=O) groups is 3. The highest BCUT2D eigenvalue weighted by Gasteiger charge is 2.39. The Hall–Kier alpha value is -3.26. The van der Waals surface area contributed by atoms with Crippen LogP contribution in [-0.2, 0) is 29.2 Å². The van der Waals surface area contributed by atoms with Crippen LogP contribution in [0, 0.1) is 0 Å². The Kier molecular flexibility index (Phi) is 4.79. The van der Waals surface area contributed by atoms with Crippen LogP contribution >= 0.6 is 0 Å². The molecule has 2 aliphatic heterocycles. The van der Waals surface area contributed by atoms with Crippen molar-refractivity contribution in [2.24, 2.45) is 5.73 Å². The fraction of sp³-hybridized carbons (Fsp3) is 0.300. The summed E-state index contributed by atoms with van der Waals surface area (Å²) in [5.41, 5.74) is 9.90. The second-order valence-corrected chi connectivity index (χ2v) is 6.94. The van der Waals surface area contributed by atoms with Crippen molar-refractivity contribution in [2.75, 3.05) is 5.32 Å². The van der Waals surface area contributed by atoms with Gasteiger partial charge in [0.15, 0.2) is 0 Å². The van der Waals surface area contributed by atoms with Gasteiger partial charge in [0, 0.05) is 37.8 Å². The number of hydrogen-bond donors (Lipinski definition) is 3. The van der Waals surface area contributed by atoms with Crippen LogP contribution in [0.4, 0.5) is 5.69 Å². The fourth-order valence-electron chi connectivity index (χ4n) is 3.79. The molecule has 2 aliphatic rings. The minimum absolute atomic E-state index is 0.174. The maximum atomic E-state index is 13.1. The van der Waals surface area contributed by atoms with E-state index in [-0.39, 0.29) is 18.2 Å². The number of fused-ring (bicyclic) bond motifs is 1. The minimum atomic E-state index is -0.611. The molecule has 0 aliphatic carbocycles. The number of nitrogens with one attached hydrogen (secondary N) is 2. The summed E-state index contributed by atoms with van der Waals surface area (Å²) in [5.74, 6) is -0.866. The van der Waals surface area contributed by atoms with Crippen LogP contribution in [0.15, 0.2) is 36.7 Å². The lowest BCUT2D eigenvalue weighted by molar-refractivity contribution is -0.136. The van der Waals surface area contributed by atoms with Gasteiger partial charge in [0.2, 0.25) is 11.8 Å². The number of amides is 3. The second kappa shape index (κ2) is 7.40. The average Bonchev–Trinajstić information content (AvgIpc) is 3.03. The molecule has 2 aromatic rings. The molecule has 0 radical (unpaired) electrons. The molecular weight excluding hydrogens is 358 g/mol. The number of hydrogen-bond acceptors (Lipinski definition) is 6. The predicted molar refractivity (Wildman–Crippen MR) is 102 cm³/mol. The average molecular weight is 379 g/mol. The number of pyridine rings is 1. The van der Waals surface area contributed by atoms with Crippen molar-refractivity contribution in [1.29, 1.82) is 0 Å². The van der Waals surface area contributed by atoms with E-state index in [1.165, 1.54) is 0 Å². The number of nitrogens with zero attached hydrogens (tertiary/aromatic N) is 2. The molecule has 0 saturated carbocycles. The third-order valence-corrected chi connectivity index (χ3v) is 5.24. The van der Waals surface area contributed by atoms with E-state index >= 15 is 0 Å². The molecule has 1 aromatic heterocycles. The summed E-state index contributed by atoms with van der Waals surface area (Å²) in [7, 11) is 0. The third kappa shape index (κ3) is 3.22. The zero-order chi connectivity index (χ0) is 19.7. The maximum Gasteiger partial charge on any atom is 0.255 e. The number of carbonyl (C=O) groups excluding carboxylic acids is 3. The molecule has 1 unspecified atom stereocenters. The number of piperidine rings is 1. The van der Waals surface area contributed by atoms with Crippen LogP contribution in [0.2, 0.25) is 0 Å². The van der Waals surface area contributed by atoms with Crippen LogP contribution < -0.4 is 16.4 Å². The highest BCUT2D eigenvalue weighted by atomic mass is 16.2. The first kappa shape index (κ1) is 18.1. The molecule has 0 bridgehead atoms. The molecule has 8 heteroatoms. The number of benzene rings is 1. The molecule has 4 N–H and O–H groups in total. The standard InChI is InChI=1S/C20H21N5O3/c21-8-12-6-7-22-10-15(12)23-9-13-2-1-3-14-11-25(20(28)18(13)14)16-4-5-17(26)24-19(16)27/h1-3,6-7,10,16,23H,4-5,8-9,11,21H2,(H,24,26,27). The van der Waals surface area contributed by atoms with Gasteiger partial charge in [0.1, 0.15) is 6.04 Å². The van der Waals surface area contributed by atoms with Crippen LogP contribution in [0.25, 0.3) is 0 Å². The summed E-state index contributed by atoms with van der Waals surface area (Å²) in [6.07, 6.45) is 4.00. The van der Waals surface area contributed by atoms with Crippen molar-refractivity contribution in [3.8, 4) is 0 Å². The zero-order valence-corrected chi connectivity index (χ0v) is 15.3. The van der Waals surface area contributed by atoms with E-state index in [9.17, 15) is 14.4 Å². The largest absolute Gasteiger partial charge is 0.379 e. The van der Waals surface area contributed by atoms with E-state index in [0.717, 1.165) is 22.4 Å². The van der Waals surface area contributed by atoms with Crippen molar-refractivity contribution >= 4 is 23.4 Å². The Morgan fingerprint density at radius 1 is 1.21 bits per heavy atom. The molecule has 3 heterocycles. The maximum absolute atomic E-state index is 13.1. The number of rotatable bonds is 5. The summed E-state index contributed by atoms with van der Waals surface area (Å²) in [6.45, 7) is 1.20. The molecular formula is C20H21N5O3. The smallest absolute Gasteiger partial charge is 0.255 e. The highest BCUT2D eigenvalue weighted by molar-refractivity contribution is 6.06. The van der Waals surface area contributed by atoms with E-state index in [1.807, 2.05) is 24.3 Å². The monoisotopic (exact) mass is 379 g/mol. The lowest BCUT2D eigenvalue weighted by Crippen LogP contribution is -2.52. The van der Waals surface area contributed by atoms with Crippen LogP contribution in [0.3, 0.4) is 0 Å². The van der Waals surface area contributed by atoms with Crippen molar-refractivity contribution in [3.05, 3.63) is 58.9 Å². The van der Waals surface area contributed by atoms with E-state index in [0.29, 0.717) is 31.6 Å². The van der Waals surface area contributed by atoms with Gasteiger partial charge < -0.3 is 16.0 Å². The van der Waals surface area contributed by atoms with Crippen molar-refractivity contribution in [1.82, 2.24) is 15.2 Å². The van der Waals surface area contributed by atoms with Crippen LogP contribution in [0.1, 0.15) is 39.9 Å². The first-order valence-corrected chi connectivity index (χ1v) is 9.20. The molecule has 28 heavy (non-hydrogen) atoms. The first-order chi connectivity index (χ1) is 13.6. The molecule has 144 valence electrons. The predicted octanol–water partition coefficient (Wildman–Crippen LogP) is 0.913. The van der Waals surface area contributed by atoms with Crippen molar-refractivity contribution < 1.29 is 14.4 Å². The zero-order valence-electron chi connectivity index (χ0n) is 15.3. The van der Waals surface area contributed by atoms with E-state index in [1.54, 1.807) is 17.3 Å². The summed E-state index contributed by atoms with van der Waals surface area (Å²) >= 11 is 0. The Balaban J connectivity index is 1.55. The van der Waals surface area contributed by atoms with Gasteiger partial charge in [-0.3, -0.25) is 24.7 Å². The van der Waals surface area contributed by atoms with Crippen LogP contribution in [-0.4, -0.2) is 33.6 Å². The SMILES string of the molecule is NCc1ccncc1NCc1cccc2c1C(=O)N(C1CCC(=O)NC1=O)C2. The summed E-state index contributed by atoms with van der Waals surface area (Å²) in [5, 5.41) is 5.63. The molecule has 1 aromatic carbocycles. The van der Waals surface area contributed by atoms with Gasteiger partial charge in [-0.25, -0.2) is 0 Å². The van der Waals surface area contributed by atoms with Gasteiger partial charge in [0.05, 0.1) is 11.9 Å². The molecule has 1 atom stereocenters. The van der Waals surface area contributed by atoms with Gasteiger partial charge in [-0.15, -0.1) is 0 Å². The van der Waals surface area contributed by atoms with Gasteiger partial charge in [-0.1, -0.05) is 18.2 Å². The summed E-state index contributed by atoms with van der Waals surface area (Å²) in [6, 6.07) is 6.95. The molecule has 1 fully saturated rings. The third-order valence-electron chi connectivity index (χ3n) is 5.24. The number of anilines is 1. The quantitative estimate of drug-likeness (QED) is 0.665. The molecule has 8 nitrogen and oxygen atoms in total. The summed E-state index contributed by atoms with van der Waals surface area (Å²) in [4.78, 5) is 42.4. The number of nitrogens with two attached hydrogens (primary N) is 1. The van der Waals surface area contributed by atoms with Crippen LogP contribution in [0.5, 0.6) is 0 Å². The lowest BCUT2D eigenvalue weighted by Gasteiger charge is -2.29. The first-order valence-electron chi connectivity index (χ1n) is 9.20. The number of aromatic nitrogens is 1. The number of imide groups is 1. The van der Waals surface area contributed by atoms with Crippen molar-refractivity contribution in [3.63, 3.8) is 0 Å². The van der Waals surface area contributed by atoms with Crippen molar-refractivity contribution in [2.45, 2.75) is 38.5 Å².